The number of hydrogen-bond acceptors (Lipinski definition) is 6. The van der Waals surface area contributed by atoms with Gasteiger partial charge in [0.15, 0.2) is 5.82 Å². The second kappa shape index (κ2) is 11.1. The molecule has 1 aromatic heterocycles. The molecule has 3 aromatic carbocycles. The third kappa shape index (κ3) is 5.64. The van der Waals surface area contributed by atoms with Crippen LogP contribution in [0.5, 0.6) is 11.5 Å². The van der Waals surface area contributed by atoms with Crippen LogP contribution in [0.25, 0.3) is 22.3 Å². The van der Waals surface area contributed by atoms with Crippen molar-refractivity contribution in [3.05, 3.63) is 86.1 Å². The van der Waals surface area contributed by atoms with Gasteiger partial charge in [0, 0.05) is 12.5 Å². The van der Waals surface area contributed by atoms with Crippen molar-refractivity contribution in [2.75, 3.05) is 6.61 Å². The first-order valence-electron chi connectivity index (χ1n) is 12.0. The van der Waals surface area contributed by atoms with Gasteiger partial charge in [0.25, 0.3) is 5.56 Å². The van der Waals surface area contributed by atoms with E-state index in [0.717, 1.165) is 22.4 Å². The highest BCUT2D eigenvalue weighted by Gasteiger charge is 2.18. The number of hydrogen-bond donors (Lipinski definition) is 0. The van der Waals surface area contributed by atoms with Gasteiger partial charge in [-0.1, -0.05) is 26.0 Å². The molecule has 4 rings (SSSR count). The van der Waals surface area contributed by atoms with E-state index in [1.165, 1.54) is 11.6 Å². The lowest BCUT2D eigenvalue weighted by Gasteiger charge is -2.18. The van der Waals surface area contributed by atoms with Gasteiger partial charge in [-0.2, -0.15) is 9.78 Å². The highest BCUT2D eigenvalue weighted by Crippen LogP contribution is 2.34. The molecule has 37 heavy (non-hydrogen) atoms. The van der Waals surface area contributed by atoms with Gasteiger partial charge in [0.2, 0.25) is 0 Å². The van der Waals surface area contributed by atoms with Crippen molar-refractivity contribution in [3.63, 3.8) is 0 Å². The highest BCUT2D eigenvalue weighted by molar-refractivity contribution is 9.10. The number of aromatic nitrogens is 2. The molecule has 0 aliphatic rings. The summed E-state index contributed by atoms with van der Waals surface area (Å²) in [4.78, 5) is 29.8. The van der Waals surface area contributed by atoms with Crippen molar-refractivity contribution in [2.24, 2.45) is 5.10 Å². The normalized spacial score (nSPS) is 11.4. The van der Waals surface area contributed by atoms with Crippen LogP contribution in [0.1, 0.15) is 50.3 Å². The van der Waals surface area contributed by atoms with Gasteiger partial charge in [-0.05, 0) is 94.9 Å². The lowest BCUT2D eigenvalue weighted by atomic mass is 9.96. The zero-order valence-electron chi connectivity index (χ0n) is 21.4. The average Bonchev–Trinajstić information content (AvgIpc) is 2.85. The van der Waals surface area contributed by atoms with Crippen molar-refractivity contribution in [1.29, 1.82) is 0 Å². The quantitative estimate of drug-likeness (QED) is 0.147. The van der Waals surface area contributed by atoms with Crippen molar-refractivity contribution < 1.29 is 14.3 Å². The minimum atomic E-state index is -0.410. The number of aryl methyl sites for hydroxylation is 1. The largest absolute Gasteiger partial charge is 0.494 e. The van der Waals surface area contributed by atoms with Gasteiger partial charge >= 0.3 is 5.97 Å². The highest BCUT2D eigenvalue weighted by atomic mass is 79.9. The fourth-order valence-corrected chi connectivity index (χ4v) is 4.51. The maximum Gasteiger partial charge on any atom is 0.308 e. The number of nitrogens with zero attached hydrogens (tertiary/aromatic N) is 3. The summed E-state index contributed by atoms with van der Waals surface area (Å²) >= 11 is 3.42. The Morgan fingerprint density at radius 3 is 2.57 bits per heavy atom. The molecule has 0 unspecified atom stereocenters. The molecule has 0 atom stereocenters. The molecule has 0 fully saturated rings. The molecule has 4 aromatic rings. The molecule has 190 valence electrons. The second-order valence-corrected chi connectivity index (χ2v) is 9.74. The van der Waals surface area contributed by atoms with Gasteiger partial charge in [-0.3, -0.25) is 9.59 Å². The van der Waals surface area contributed by atoms with E-state index in [1.54, 1.807) is 30.5 Å². The van der Waals surface area contributed by atoms with E-state index in [1.807, 2.05) is 44.2 Å². The van der Waals surface area contributed by atoms with Crippen molar-refractivity contribution in [3.8, 4) is 22.9 Å². The molecule has 0 N–H and O–H groups in total. The van der Waals surface area contributed by atoms with Crippen LogP contribution in [0.4, 0.5) is 0 Å². The molecule has 0 bridgehead atoms. The molecule has 0 amide bonds. The van der Waals surface area contributed by atoms with E-state index >= 15 is 0 Å². The van der Waals surface area contributed by atoms with Gasteiger partial charge < -0.3 is 9.47 Å². The van der Waals surface area contributed by atoms with Crippen LogP contribution in [0.3, 0.4) is 0 Å². The maximum atomic E-state index is 13.6. The van der Waals surface area contributed by atoms with Crippen LogP contribution in [-0.2, 0) is 4.79 Å². The standard InChI is InChI=1S/C29H28BrN3O4/c1-6-36-27-13-18(4)23(15-22(27)17(2)3)28-32-25-10-8-7-9-21(25)29(35)33(28)31-16-20-11-12-26(24(30)14-20)37-19(5)34/h7-17H,6H2,1-5H3. The maximum absolute atomic E-state index is 13.6. The van der Waals surface area contributed by atoms with Gasteiger partial charge in [0.05, 0.1) is 28.2 Å². The minimum absolute atomic E-state index is 0.207. The summed E-state index contributed by atoms with van der Waals surface area (Å²) in [5.74, 6) is 1.47. The Labute approximate surface area is 223 Å². The van der Waals surface area contributed by atoms with E-state index in [2.05, 4.69) is 34.9 Å². The predicted molar refractivity (Wildman–Crippen MR) is 150 cm³/mol. The molecule has 1 heterocycles. The van der Waals surface area contributed by atoms with E-state index < -0.39 is 5.97 Å². The van der Waals surface area contributed by atoms with Crippen LogP contribution in [0, 0.1) is 6.92 Å². The second-order valence-electron chi connectivity index (χ2n) is 8.89. The summed E-state index contributed by atoms with van der Waals surface area (Å²) in [5, 5.41) is 5.04. The molecule has 0 aliphatic carbocycles. The summed E-state index contributed by atoms with van der Waals surface area (Å²) in [6, 6.07) is 16.5. The molecule has 7 nitrogen and oxygen atoms in total. The molecule has 0 saturated carbocycles. The smallest absolute Gasteiger partial charge is 0.308 e. The first-order valence-corrected chi connectivity index (χ1v) is 12.8. The Morgan fingerprint density at radius 1 is 1.14 bits per heavy atom. The predicted octanol–water partition coefficient (Wildman–Crippen LogP) is 6.46. The topological polar surface area (TPSA) is 82.8 Å². The van der Waals surface area contributed by atoms with Crippen molar-refractivity contribution in [2.45, 2.75) is 40.5 Å². The zero-order chi connectivity index (χ0) is 26.7. The summed E-state index contributed by atoms with van der Waals surface area (Å²) in [7, 11) is 0. The Balaban J connectivity index is 1.90. The Kier molecular flexibility index (Phi) is 7.88. The number of para-hydroxylation sites is 1. The Hall–Kier alpha value is -3.78. The summed E-state index contributed by atoms with van der Waals surface area (Å²) < 4.78 is 13.0. The molecular weight excluding hydrogens is 534 g/mol. The van der Waals surface area contributed by atoms with Crippen LogP contribution < -0.4 is 15.0 Å². The number of benzene rings is 3. The molecular formula is C29H28BrN3O4. The number of carbonyl (C=O) groups is 1. The summed E-state index contributed by atoms with van der Waals surface area (Å²) in [6.07, 6.45) is 1.58. The number of carbonyl (C=O) groups excluding carboxylic acids is 1. The SMILES string of the molecule is CCOc1cc(C)c(-c2nc3ccccc3c(=O)n2N=Cc2ccc(OC(C)=O)c(Br)c2)cc1C(C)C. The number of rotatable bonds is 7. The monoisotopic (exact) mass is 561 g/mol. The molecule has 0 spiro atoms. The molecule has 0 aliphatic heterocycles. The summed E-state index contributed by atoms with van der Waals surface area (Å²) in [6.45, 7) is 10.0. The Morgan fingerprint density at radius 2 is 1.89 bits per heavy atom. The third-order valence-corrected chi connectivity index (χ3v) is 6.42. The van der Waals surface area contributed by atoms with Gasteiger partial charge in [0.1, 0.15) is 11.5 Å². The number of ether oxygens (including phenoxy) is 2. The lowest BCUT2D eigenvalue weighted by Crippen LogP contribution is -2.21. The first-order chi connectivity index (χ1) is 17.7. The van der Waals surface area contributed by atoms with Gasteiger partial charge in [-0.15, -0.1) is 0 Å². The first kappa shape index (κ1) is 26.3. The van der Waals surface area contributed by atoms with E-state index in [-0.39, 0.29) is 11.5 Å². The number of halogens is 1. The number of fused-ring (bicyclic) bond motifs is 1. The van der Waals surface area contributed by atoms with Crippen molar-refractivity contribution in [1.82, 2.24) is 9.66 Å². The third-order valence-electron chi connectivity index (χ3n) is 5.81. The van der Waals surface area contributed by atoms with Crippen LogP contribution in [0.15, 0.2) is 69.0 Å². The van der Waals surface area contributed by atoms with E-state index in [9.17, 15) is 9.59 Å². The van der Waals surface area contributed by atoms with E-state index in [4.69, 9.17) is 14.5 Å². The van der Waals surface area contributed by atoms with Crippen LogP contribution in [-0.4, -0.2) is 28.5 Å². The van der Waals surface area contributed by atoms with E-state index in [0.29, 0.717) is 39.1 Å². The zero-order valence-corrected chi connectivity index (χ0v) is 23.0. The molecule has 0 radical (unpaired) electrons. The van der Waals surface area contributed by atoms with Gasteiger partial charge in [-0.25, -0.2) is 4.98 Å². The van der Waals surface area contributed by atoms with Crippen LogP contribution >= 0.6 is 15.9 Å². The molecule has 8 heteroatoms. The Bertz CT molecular complexity index is 1570. The van der Waals surface area contributed by atoms with Crippen LogP contribution in [0.2, 0.25) is 0 Å². The summed E-state index contributed by atoms with van der Waals surface area (Å²) in [5.41, 5.74) is 3.80. The fraction of sp³-hybridized carbons (Fsp3) is 0.241. The lowest BCUT2D eigenvalue weighted by molar-refractivity contribution is -0.131. The fourth-order valence-electron chi connectivity index (χ4n) is 4.04. The number of esters is 1. The molecule has 0 saturated heterocycles. The average molecular weight is 562 g/mol. The minimum Gasteiger partial charge on any atom is -0.494 e. The van der Waals surface area contributed by atoms with Crippen molar-refractivity contribution >= 4 is 39.0 Å².